The number of halogens is 4. The van der Waals surface area contributed by atoms with Gasteiger partial charge < -0.3 is 4.74 Å². The van der Waals surface area contributed by atoms with Crippen LogP contribution in [-0.4, -0.2) is 25.3 Å². The lowest BCUT2D eigenvalue weighted by atomic mass is 9.72. The van der Waals surface area contributed by atoms with Gasteiger partial charge in [-0.15, -0.1) is 11.6 Å². The number of aryl methyl sites for hydroxylation is 1. The van der Waals surface area contributed by atoms with E-state index in [1.165, 1.54) is 5.56 Å². The molecule has 19 heavy (non-hydrogen) atoms. The van der Waals surface area contributed by atoms with Crippen molar-refractivity contribution in [1.82, 2.24) is 0 Å². The quantitative estimate of drug-likeness (QED) is 0.760. The number of ether oxygens (including phenoxy) is 1. The zero-order chi connectivity index (χ0) is 13.9. The molecule has 5 heteroatoms. The Hall–Kier alpha value is -0.740. The third kappa shape index (κ3) is 3.42. The molecule has 1 aromatic rings. The summed E-state index contributed by atoms with van der Waals surface area (Å²) >= 11 is 6.05. The molecule has 1 atom stereocenters. The van der Waals surface area contributed by atoms with Crippen LogP contribution in [0.3, 0.4) is 0 Å². The van der Waals surface area contributed by atoms with Crippen molar-refractivity contribution in [2.24, 2.45) is 0 Å². The van der Waals surface area contributed by atoms with Crippen LogP contribution in [0, 0.1) is 0 Å². The van der Waals surface area contributed by atoms with E-state index >= 15 is 0 Å². The van der Waals surface area contributed by atoms with Crippen LogP contribution in [0.25, 0.3) is 0 Å². The first-order valence-electron chi connectivity index (χ1n) is 6.26. The lowest BCUT2D eigenvalue weighted by molar-refractivity contribution is -0.177. The van der Waals surface area contributed by atoms with Gasteiger partial charge in [0.05, 0.1) is 6.61 Å². The largest absolute Gasteiger partial charge is 0.411 e. The van der Waals surface area contributed by atoms with Crippen molar-refractivity contribution >= 4 is 11.6 Å². The van der Waals surface area contributed by atoms with Crippen molar-refractivity contribution in [3.8, 4) is 0 Å². The summed E-state index contributed by atoms with van der Waals surface area (Å²) < 4.78 is 41.4. The molecule has 1 aliphatic rings. The minimum atomic E-state index is -4.29. The SMILES string of the molecule is FC(F)(F)COCC1(CCl)CCCc2ccccc21. The molecule has 0 amide bonds. The second-order valence-electron chi connectivity index (χ2n) is 5.03. The summed E-state index contributed by atoms with van der Waals surface area (Å²) in [6.07, 6.45) is -1.64. The van der Waals surface area contributed by atoms with Gasteiger partial charge in [0, 0.05) is 11.3 Å². The molecule has 0 heterocycles. The highest BCUT2D eigenvalue weighted by atomic mass is 35.5. The summed E-state index contributed by atoms with van der Waals surface area (Å²) in [5.74, 6) is 0.280. The average Bonchev–Trinajstić information content (AvgIpc) is 2.37. The molecule has 1 aromatic carbocycles. The molecule has 0 N–H and O–H groups in total. The van der Waals surface area contributed by atoms with Gasteiger partial charge >= 0.3 is 6.18 Å². The van der Waals surface area contributed by atoms with E-state index in [2.05, 4.69) is 0 Å². The highest BCUT2D eigenvalue weighted by molar-refractivity contribution is 6.18. The second-order valence-corrected chi connectivity index (χ2v) is 5.30. The van der Waals surface area contributed by atoms with Gasteiger partial charge in [0.2, 0.25) is 0 Å². The number of hydrogen-bond acceptors (Lipinski definition) is 1. The summed E-state index contributed by atoms with van der Waals surface area (Å²) in [4.78, 5) is 0. The van der Waals surface area contributed by atoms with E-state index in [0.717, 1.165) is 24.8 Å². The Morgan fingerprint density at radius 3 is 2.68 bits per heavy atom. The lowest BCUT2D eigenvalue weighted by Gasteiger charge is -2.37. The average molecular weight is 293 g/mol. The maximum Gasteiger partial charge on any atom is 0.411 e. The fraction of sp³-hybridized carbons (Fsp3) is 0.571. The summed E-state index contributed by atoms with van der Waals surface area (Å²) in [6, 6.07) is 7.81. The van der Waals surface area contributed by atoms with Crippen LogP contribution < -0.4 is 0 Å². The van der Waals surface area contributed by atoms with E-state index in [0.29, 0.717) is 0 Å². The number of benzene rings is 1. The van der Waals surface area contributed by atoms with Crippen LogP contribution in [0.1, 0.15) is 24.0 Å². The van der Waals surface area contributed by atoms with Gasteiger partial charge in [0.1, 0.15) is 6.61 Å². The first-order chi connectivity index (χ1) is 8.97. The topological polar surface area (TPSA) is 9.23 Å². The van der Waals surface area contributed by atoms with Crippen LogP contribution in [0.5, 0.6) is 0 Å². The number of fused-ring (bicyclic) bond motifs is 1. The number of rotatable bonds is 4. The summed E-state index contributed by atoms with van der Waals surface area (Å²) in [7, 11) is 0. The van der Waals surface area contributed by atoms with Crippen molar-refractivity contribution in [1.29, 1.82) is 0 Å². The Balaban J connectivity index is 2.15. The first kappa shape index (κ1) is 14.7. The summed E-state index contributed by atoms with van der Waals surface area (Å²) in [5, 5.41) is 0. The standard InChI is InChI=1S/C14H16ClF3O/c15-8-13(9-19-10-14(16,17)18)7-3-5-11-4-1-2-6-12(11)13/h1-2,4,6H,3,5,7-10H2. The van der Waals surface area contributed by atoms with Crippen molar-refractivity contribution in [3.63, 3.8) is 0 Å². The van der Waals surface area contributed by atoms with E-state index in [1.54, 1.807) is 0 Å². The van der Waals surface area contributed by atoms with E-state index in [1.807, 2.05) is 24.3 Å². The van der Waals surface area contributed by atoms with Gasteiger partial charge in [-0.1, -0.05) is 24.3 Å². The minimum Gasteiger partial charge on any atom is -0.371 e. The minimum absolute atomic E-state index is 0.0209. The molecule has 0 radical (unpaired) electrons. The van der Waals surface area contributed by atoms with E-state index in [9.17, 15) is 13.2 Å². The molecule has 0 saturated carbocycles. The van der Waals surface area contributed by atoms with E-state index in [4.69, 9.17) is 16.3 Å². The molecule has 0 spiro atoms. The Labute approximate surface area is 115 Å². The number of alkyl halides is 4. The zero-order valence-corrected chi connectivity index (χ0v) is 11.2. The third-order valence-electron chi connectivity index (χ3n) is 3.59. The molecule has 106 valence electrons. The van der Waals surface area contributed by atoms with Crippen LogP contribution in [0.2, 0.25) is 0 Å². The first-order valence-corrected chi connectivity index (χ1v) is 6.79. The molecule has 1 nitrogen and oxygen atoms in total. The molecule has 2 rings (SSSR count). The molecule has 0 saturated heterocycles. The van der Waals surface area contributed by atoms with Crippen molar-refractivity contribution in [2.45, 2.75) is 30.9 Å². The molecule has 0 bridgehead atoms. The predicted octanol–water partition coefficient (Wildman–Crippen LogP) is 4.08. The monoisotopic (exact) mass is 292 g/mol. The van der Waals surface area contributed by atoms with E-state index < -0.39 is 18.2 Å². The van der Waals surface area contributed by atoms with Crippen LogP contribution in [-0.2, 0) is 16.6 Å². The maximum absolute atomic E-state index is 12.2. The highest BCUT2D eigenvalue weighted by Crippen LogP contribution is 2.39. The molecular weight excluding hydrogens is 277 g/mol. The third-order valence-corrected chi connectivity index (χ3v) is 4.10. The van der Waals surface area contributed by atoms with Crippen LogP contribution >= 0.6 is 11.6 Å². The molecular formula is C14H16ClF3O. The fourth-order valence-electron chi connectivity index (χ4n) is 2.70. The smallest absolute Gasteiger partial charge is 0.371 e. The molecule has 0 aliphatic heterocycles. The predicted molar refractivity (Wildman–Crippen MR) is 68.7 cm³/mol. The fourth-order valence-corrected chi connectivity index (χ4v) is 3.05. The Kier molecular flexibility index (Phi) is 4.41. The van der Waals surface area contributed by atoms with Gasteiger partial charge in [0.15, 0.2) is 0 Å². The van der Waals surface area contributed by atoms with E-state index in [-0.39, 0.29) is 12.5 Å². The highest BCUT2D eigenvalue weighted by Gasteiger charge is 2.37. The Bertz CT molecular complexity index is 433. The van der Waals surface area contributed by atoms with Crippen molar-refractivity contribution in [2.75, 3.05) is 19.1 Å². The van der Waals surface area contributed by atoms with Gasteiger partial charge in [0.25, 0.3) is 0 Å². The molecule has 1 aliphatic carbocycles. The van der Waals surface area contributed by atoms with Gasteiger partial charge in [-0.25, -0.2) is 0 Å². The lowest BCUT2D eigenvalue weighted by Crippen LogP contribution is -2.38. The van der Waals surface area contributed by atoms with Crippen LogP contribution in [0.4, 0.5) is 13.2 Å². The van der Waals surface area contributed by atoms with Crippen LogP contribution in [0.15, 0.2) is 24.3 Å². The Morgan fingerprint density at radius 2 is 2.00 bits per heavy atom. The van der Waals surface area contributed by atoms with Gasteiger partial charge in [-0.2, -0.15) is 13.2 Å². The summed E-state index contributed by atoms with van der Waals surface area (Å²) in [6.45, 7) is -1.19. The van der Waals surface area contributed by atoms with Gasteiger partial charge in [-0.3, -0.25) is 0 Å². The second kappa shape index (κ2) is 5.71. The number of hydrogen-bond donors (Lipinski definition) is 0. The van der Waals surface area contributed by atoms with Gasteiger partial charge in [-0.05, 0) is 30.4 Å². The molecule has 0 aromatic heterocycles. The zero-order valence-electron chi connectivity index (χ0n) is 10.5. The summed E-state index contributed by atoms with van der Waals surface area (Å²) in [5.41, 5.74) is 1.73. The Morgan fingerprint density at radius 1 is 1.26 bits per heavy atom. The van der Waals surface area contributed by atoms with Crippen molar-refractivity contribution in [3.05, 3.63) is 35.4 Å². The maximum atomic E-state index is 12.2. The molecule has 1 unspecified atom stereocenters. The van der Waals surface area contributed by atoms with Crippen molar-refractivity contribution < 1.29 is 17.9 Å². The molecule has 0 fully saturated rings. The normalized spacial score (nSPS) is 23.2.